The second kappa shape index (κ2) is 5.33. The van der Waals surface area contributed by atoms with Crippen LogP contribution in [0.1, 0.15) is 39.9 Å². The summed E-state index contributed by atoms with van der Waals surface area (Å²) in [6.45, 7) is 5.94. The molecular formula is C14H19NO3S. The second-order valence-corrected chi connectivity index (χ2v) is 6.53. The molecule has 104 valence electrons. The van der Waals surface area contributed by atoms with E-state index in [4.69, 9.17) is 5.11 Å². The van der Waals surface area contributed by atoms with Crippen molar-refractivity contribution >= 4 is 23.2 Å². The minimum absolute atomic E-state index is 0.0169. The van der Waals surface area contributed by atoms with Gasteiger partial charge in [0.25, 0.3) is 5.91 Å². The number of rotatable bonds is 5. The number of nitrogens with zero attached hydrogens (tertiary/aromatic N) is 1. The molecular weight excluding hydrogens is 262 g/mol. The molecule has 19 heavy (non-hydrogen) atoms. The largest absolute Gasteiger partial charge is 0.481 e. The maximum absolute atomic E-state index is 12.5. The molecule has 1 aliphatic rings. The Morgan fingerprint density at radius 3 is 2.53 bits per heavy atom. The Morgan fingerprint density at radius 2 is 2.11 bits per heavy atom. The highest BCUT2D eigenvalue weighted by molar-refractivity contribution is 7.14. The zero-order valence-electron chi connectivity index (χ0n) is 11.5. The fraction of sp³-hybridized carbons (Fsp3) is 0.571. The van der Waals surface area contributed by atoms with Crippen LogP contribution in [0.15, 0.2) is 6.07 Å². The molecule has 1 atom stereocenters. The van der Waals surface area contributed by atoms with Gasteiger partial charge >= 0.3 is 5.97 Å². The molecule has 0 aliphatic heterocycles. The highest BCUT2D eigenvalue weighted by Gasteiger charge is 2.35. The SMILES string of the molecule is Cc1cc(C(=O)N(C[C@H](C)C(=O)O)C2CC2)sc1C. The first-order chi connectivity index (χ1) is 8.90. The van der Waals surface area contributed by atoms with Crippen LogP contribution in [-0.2, 0) is 4.79 Å². The van der Waals surface area contributed by atoms with E-state index in [0.29, 0.717) is 6.54 Å². The molecule has 1 aliphatic carbocycles. The smallest absolute Gasteiger partial charge is 0.308 e. The Labute approximate surface area is 117 Å². The fourth-order valence-corrected chi connectivity index (χ4v) is 2.97. The molecule has 0 unspecified atom stereocenters. The topological polar surface area (TPSA) is 57.6 Å². The minimum atomic E-state index is -0.850. The number of thiophene rings is 1. The van der Waals surface area contributed by atoms with Crippen molar-refractivity contribution < 1.29 is 14.7 Å². The molecule has 4 nitrogen and oxygen atoms in total. The Kier molecular flexibility index (Phi) is 3.94. The molecule has 1 heterocycles. The normalized spacial score (nSPS) is 16.2. The van der Waals surface area contributed by atoms with E-state index >= 15 is 0 Å². The predicted molar refractivity (Wildman–Crippen MR) is 74.7 cm³/mol. The van der Waals surface area contributed by atoms with Crippen molar-refractivity contribution in [1.29, 1.82) is 0 Å². The van der Waals surface area contributed by atoms with Crippen molar-refractivity contribution in [1.82, 2.24) is 4.90 Å². The van der Waals surface area contributed by atoms with Crippen LogP contribution in [0.4, 0.5) is 0 Å². The molecule has 1 amide bonds. The zero-order valence-corrected chi connectivity index (χ0v) is 12.3. The van der Waals surface area contributed by atoms with Crippen molar-refractivity contribution in [2.75, 3.05) is 6.54 Å². The summed E-state index contributed by atoms with van der Waals surface area (Å²) in [5.74, 6) is -1.39. The van der Waals surface area contributed by atoms with Crippen LogP contribution in [0, 0.1) is 19.8 Å². The van der Waals surface area contributed by atoms with Gasteiger partial charge in [-0.15, -0.1) is 11.3 Å². The van der Waals surface area contributed by atoms with Crippen LogP contribution in [-0.4, -0.2) is 34.5 Å². The van der Waals surface area contributed by atoms with Crippen LogP contribution in [0.2, 0.25) is 0 Å². The number of carbonyl (C=O) groups excluding carboxylic acids is 1. The molecule has 0 spiro atoms. The highest BCUT2D eigenvalue weighted by atomic mass is 32.1. The van der Waals surface area contributed by atoms with Gasteiger partial charge in [0, 0.05) is 17.5 Å². The zero-order chi connectivity index (χ0) is 14.2. The van der Waals surface area contributed by atoms with E-state index in [1.165, 1.54) is 11.3 Å². The van der Waals surface area contributed by atoms with E-state index in [1.54, 1.807) is 11.8 Å². The molecule has 1 aromatic rings. The molecule has 0 radical (unpaired) electrons. The van der Waals surface area contributed by atoms with Gasteiger partial charge in [0.1, 0.15) is 0 Å². The van der Waals surface area contributed by atoms with Gasteiger partial charge < -0.3 is 10.0 Å². The molecule has 0 saturated heterocycles. The average Bonchev–Trinajstić information content (AvgIpc) is 3.12. The molecule has 0 bridgehead atoms. The summed E-state index contributed by atoms with van der Waals surface area (Å²) < 4.78 is 0. The Bertz CT molecular complexity index is 485. The first-order valence-electron chi connectivity index (χ1n) is 6.51. The van der Waals surface area contributed by atoms with Crippen molar-refractivity contribution in [3.05, 3.63) is 21.4 Å². The summed E-state index contributed by atoms with van der Waals surface area (Å²) in [6, 6.07) is 2.14. The quantitative estimate of drug-likeness (QED) is 0.902. The highest BCUT2D eigenvalue weighted by Crippen LogP contribution is 2.31. The van der Waals surface area contributed by atoms with Gasteiger partial charge in [0.15, 0.2) is 0 Å². The maximum Gasteiger partial charge on any atom is 0.308 e. The number of carbonyl (C=O) groups is 2. The number of aryl methyl sites for hydroxylation is 2. The Hall–Kier alpha value is -1.36. The number of amides is 1. The lowest BCUT2D eigenvalue weighted by Crippen LogP contribution is -2.38. The van der Waals surface area contributed by atoms with Crippen molar-refractivity contribution in [2.45, 2.75) is 39.7 Å². The third kappa shape index (κ3) is 3.15. The van der Waals surface area contributed by atoms with Gasteiger partial charge in [0.2, 0.25) is 0 Å². The maximum atomic E-state index is 12.5. The first-order valence-corrected chi connectivity index (χ1v) is 7.32. The van der Waals surface area contributed by atoms with Gasteiger partial charge in [-0.25, -0.2) is 0 Å². The van der Waals surface area contributed by atoms with Crippen LogP contribution < -0.4 is 0 Å². The number of carboxylic acid groups (broad SMARTS) is 1. The Balaban J connectivity index is 2.15. The number of aliphatic carboxylic acids is 1. The Morgan fingerprint density at radius 1 is 1.47 bits per heavy atom. The first kappa shape index (κ1) is 14.1. The number of hydrogen-bond acceptors (Lipinski definition) is 3. The predicted octanol–water partition coefficient (Wildman–Crippen LogP) is 2.69. The number of hydrogen-bond donors (Lipinski definition) is 1. The van der Waals surface area contributed by atoms with Gasteiger partial charge in [-0.3, -0.25) is 9.59 Å². The monoisotopic (exact) mass is 281 g/mol. The lowest BCUT2D eigenvalue weighted by atomic mass is 10.1. The molecule has 1 N–H and O–H groups in total. The van der Waals surface area contributed by atoms with Gasteiger partial charge in [0.05, 0.1) is 10.8 Å². The lowest BCUT2D eigenvalue weighted by molar-refractivity contribution is -0.141. The van der Waals surface area contributed by atoms with E-state index in [1.807, 2.05) is 19.9 Å². The van der Waals surface area contributed by atoms with E-state index in [9.17, 15) is 9.59 Å². The van der Waals surface area contributed by atoms with Crippen molar-refractivity contribution in [3.63, 3.8) is 0 Å². The van der Waals surface area contributed by atoms with Crippen LogP contribution in [0.25, 0.3) is 0 Å². The molecule has 5 heteroatoms. The van der Waals surface area contributed by atoms with Crippen LogP contribution in [0.5, 0.6) is 0 Å². The van der Waals surface area contributed by atoms with Crippen LogP contribution >= 0.6 is 11.3 Å². The molecule has 1 saturated carbocycles. The molecule has 2 rings (SSSR count). The summed E-state index contributed by atoms with van der Waals surface area (Å²) in [4.78, 5) is 27.1. The molecule has 0 aromatic carbocycles. The van der Waals surface area contributed by atoms with Gasteiger partial charge in [-0.1, -0.05) is 6.92 Å². The second-order valence-electron chi connectivity index (χ2n) is 5.28. The lowest BCUT2D eigenvalue weighted by Gasteiger charge is -2.23. The van der Waals surface area contributed by atoms with Crippen molar-refractivity contribution in [2.24, 2.45) is 5.92 Å². The van der Waals surface area contributed by atoms with E-state index < -0.39 is 11.9 Å². The number of carboxylic acids is 1. The van der Waals surface area contributed by atoms with Crippen LogP contribution in [0.3, 0.4) is 0 Å². The molecule has 1 fully saturated rings. The standard InChI is InChI=1S/C14H19NO3S/c1-8-6-12(19-10(8)3)13(16)15(11-4-5-11)7-9(2)14(17)18/h6,9,11H,4-5,7H2,1-3H3,(H,17,18)/t9-/m0/s1. The van der Waals surface area contributed by atoms with Gasteiger partial charge in [-0.2, -0.15) is 0 Å². The minimum Gasteiger partial charge on any atom is -0.481 e. The van der Waals surface area contributed by atoms with Crippen molar-refractivity contribution in [3.8, 4) is 0 Å². The van der Waals surface area contributed by atoms with Gasteiger partial charge in [-0.05, 0) is 38.3 Å². The summed E-state index contributed by atoms with van der Waals surface area (Å²) >= 11 is 1.49. The van der Waals surface area contributed by atoms with E-state index in [0.717, 1.165) is 28.2 Å². The van der Waals surface area contributed by atoms with E-state index in [2.05, 4.69) is 0 Å². The summed E-state index contributed by atoms with van der Waals surface area (Å²) in [5.41, 5.74) is 1.12. The summed E-state index contributed by atoms with van der Waals surface area (Å²) in [5, 5.41) is 9.00. The van der Waals surface area contributed by atoms with E-state index in [-0.39, 0.29) is 11.9 Å². The third-order valence-electron chi connectivity index (χ3n) is 3.52. The fourth-order valence-electron chi connectivity index (χ4n) is 1.98. The third-order valence-corrected chi connectivity index (χ3v) is 4.66. The summed E-state index contributed by atoms with van der Waals surface area (Å²) in [7, 11) is 0. The average molecular weight is 281 g/mol. The molecule has 1 aromatic heterocycles. The summed E-state index contributed by atoms with van der Waals surface area (Å²) in [6.07, 6.45) is 1.98.